The highest BCUT2D eigenvalue weighted by molar-refractivity contribution is 5.99. The van der Waals surface area contributed by atoms with Crippen LogP contribution in [0.15, 0.2) is 24.3 Å². The summed E-state index contributed by atoms with van der Waals surface area (Å²) in [4.78, 5) is 89.4. The van der Waals surface area contributed by atoms with E-state index >= 15 is 0 Å². The topological polar surface area (TPSA) is 186 Å². The predicted octanol–water partition coefficient (Wildman–Crippen LogP) is 3.51. The van der Waals surface area contributed by atoms with Gasteiger partial charge in [-0.15, -0.1) is 0 Å². The molecule has 2 atom stereocenters. The average Bonchev–Trinajstić information content (AvgIpc) is 3.69. The van der Waals surface area contributed by atoms with Crippen LogP contribution in [0.25, 0.3) is 10.9 Å². The van der Waals surface area contributed by atoms with Crippen molar-refractivity contribution in [2.24, 2.45) is 5.41 Å². The molecule has 1 aliphatic carbocycles. The van der Waals surface area contributed by atoms with Crippen LogP contribution in [-0.4, -0.2) is 139 Å². The molecule has 1 aromatic carbocycles. The number of nitrogens with one attached hydrogen (secondary N) is 2. The Bertz CT molecular complexity index is 1820. The van der Waals surface area contributed by atoms with Gasteiger partial charge in [-0.05, 0) is 76.0 Å². The summed E-state index contributed by atoms with van der Waals surface area (Å²) >= 11 is 0. The lowest BCUT2D eigenvalue weighted by Crippen LogP contribution is -2.56. The summed E-state index contributed by atoms with van der Waals surface area (Å²) in [5.74, 6) is -1.80. The van der Waals surface area contributed by atoms with Gasteiger partial charge in [0.1, 0.15) is 30.1 Å². The van der Waals surface area contributed by atoms with Crippen molar-refractivity contribution < 1.29 is 47.7 Å². The van der Waals surface area contributed by atoms with Gasteiger partial charge in [0, 0.05) is 56.6 Å². The molecular weight excluding hydrogens is 748 g/mol. The third-order valence-electron chi connectivity index (χ3n) is 11.8. The first-order valence-electron chi connectivity index (χ1n) is 20.9. The highest BCUT2D eigenvalue weighted by Gasteiger charge is 2.39. The summed E-state index contributed by atoms with van der Waals surface area (Å²) in [5.41, 5.74) is 1.08. The number of likely N-dealkylation sites (tertiary alicyclic amines) is 1. The van der Waals surface area contributed by atoms with Gasteiger partial charge in [0.2, 0.25) is 11.8 Å². The van der Waals surface area contributed by atoms with E-state index in [0.717, 1.165) is 44.1 Å². The number of hydrogen-bond donors (Lipinski definition) is 2. The van der Waals surface area contributed by atoms with Gasteiger partial charge < -0.3 is 44.3 Å². The Morgan fingerprint density at radius 3 is 2.38 bits per heavy atom. The molecule has 0 spiro atoms. The lowest BCUT2D eigenvalue weighted by molar-refractivity contribution is -0.170. The van der Waals surface area contributed by atoms with E-state index in [1.54, 1.807) is 26.8 Å². The van der Waals surface area contributed by atoms with Crippen molar-refractivity contribution in [2.45, 2.75) is 103 Å². The monoisotopic (exact) mass is 806 g/mol. The van der Waals surface area contributed by atoms with E-state index in [1.165, 1.54) is 6.07 Å². The molecule has 2 aromatic rings. The van der Waals surface area contributed by atoms with Crippen molar-refractivity contribution in [1.82, 2.24) is 30.3 Å². The summed E-state index contributed by atoms with van der Waals surface area (Å²) in [5, 5.41) is 6.46. The van der Waals surface area contributed by atoms with Crippen LogP contribution < -0.4 is 15.4 Å². The van der Waals surface area contributed by atoms with E-state index in [4.69, 9.17) is 18.9 Å². The number of carbonyl (C=O) groups excluding carboxylic acids is 6. The summed E-state index contributed by atoms with van der Waals surface area (Å²) in [6.45, 7) is 8.53. The first-order valence-corrected chi connectivity index (χ1v) is 20.9. The van der Waals surface area contributed by atoms with Crippen molar-refractivity contribution in [2.75, 3.05) is 65.8 Å². The molecule has 4 fully saturated rings. The molecule has 16 nitrogen and oxygen atoms in total. The van der Waals surface area contributed by atoms with Gasteiger partial charge in [-0.1, -0.05) is 26.3 Å². The minimum absolute atomic E-state index is 0.0336. The van der Waals surface area contributed by atoms with Crippen molar-refractivity contribution in [3.63, 3.8) is 0 Å². The number of aromatic nitrogens is 1. The van der Waals surface area contributed by atoms with E-state index in [9.17, 15) is 28.8 Å². The lowest BCUT2D eigenvalue weighted by Gasteiger charge is -2.40. The van der Waals surface area contributed by atoms with Crippen LogP contribution in [-0.2, 0) is 33.4 Å². The van der Waals surface area contributed by atoms with Crippen LogP contribution >= 0.6 is 0 Å². The number of hydrogen-bond acceptors (Lipinski definition) is 11. The Morgan fingerprint density at radius 2 is 1.71 bits per heavy atom. The number of piperazine rings is 1. The molecule has 6 rings (SSSR count). The Morgan fingerprint density at radius 1 is 0.948 bits per heavy atom. The Labute approximate surface area is 339 Å². The van der Waals surface area contributed by atoms with Crippen LogP contribution in [0.5, 0.6) is 5.75 Å². The molecule has 4 aliphatic rings. The van der Waals surface area contributed by atoms with Crippen molar-refractivity contribution >= 4 is 46.6 Å². The fraction of sp³-hybridized carbons (Fsp3) is 0.643. The molecule has 2 N–H and O–H groups in total. The molecule has 3 aliphatic heterocycles. The highest BCUT2D eigenvalue weighted by atomic mass is 16.6. The normalized spacial score (nSPS) is 19.4. The standard InChI is InChI=1S/C42H58N6O10/c1-4-6-21-56-41(54)47-19-17-46(18-20-47)40(53)31(14-15-37(50)58-27-42(5-2)25-55-26-42)45-38(51)33-23-35(30-13-12-28(3)22-32(30)44-33)57-24-36(49)48-16-8-11-34(48)39(52)43-29-9-7-10-29/h12-13,22-23,29,31,34H,4-11,14-21,24-27H2,1-3H3,(H,43,52)(H,45,51)/t31-,34-/m0/s1. The molecule has 316 valence electrons. The van der Waals surface area contributed by atoms with Gasteiger partial charge in [0.25, 0.3) is 11.8 Å². The zero-order valence-electron chi connectivity index (χ0n) is 34.1. The number of pyridine rings is 1. The summed E-state index contributed by atoms with van der Waals surface area (Å²) < 4.78 is 22.4. The Hall–Kier alpha value is -4.99. The molecule has 58 heavy (non-hydrogen) atoms. The fourth-order valence-electron chi connectivity index (χ4n) is 7.52. The number of nitrogens with zero attached hydrogens (tertiary/aromatic N) is 4. The SMILES string of the molecule is CCCCOC(=O)N1CCN(C(=O)[C@H](CCC(=O)OCC2(CC)COC2)NC(=O)c2cc(OCC(=O)N3CCC[C@H]3C(=O)NC3CCC3)c3ccc(C)cc3n2)CC1. The van der Waals surface area contributed by atoms with Crippen molar-refractivity contribution in [3.05, 3.63) is 35.5 Å². The summed E-state index contributed by atoms with van der Waals surface area (Å²) in [7, 11) is 0. The van der Waals surface area contributed by atoms with Gasteiger partial charge in [-0.25, -0.2) is 9.78 Å². The van der Waals surface area contributed by atoms with Gasteiger partial charge in [0.15, 0.2) is 6.61 Å². The Balaban J connectivity index is 1.15. The molecule has 5 amide bonds. The molecule has 3 saturated heterocycles. The molecule has 4 heterocycles. The number of unbranched alkanes of at least 4 members (excludes halogenated alkanes) is 1. The first kappa shape index (κ1) is 42.6. The number of esters is 1. The number of benzene rings is 1. The van der Waals surface area contributed by atoms with Gasteiger partial charge in [-0.3, -0.25) is 24.0 Å². The van der Waals surface area contributed by atoms with Crippen molar-refractivity contribution in [3.8, 4) is 5.75 Å². The van der Waals surface area contributed by atoms with Gasteiger partial charge >= 0.3 is 12.1 Å². The fourth-order valence-corrected chi connectivity index (χ4v) is 7.52. The minimum atomic E-state index is -1.12. The van der Waals surface area contributed by atoms with Crippen molar-refractivity contribution in [1.29, 1.82) is 0 Å². The maximum Gasteiger partial charge on any atom is 0.409 e. The van der Waals surface area contributed by atoms with Crippen LogP contribution in [0, 0.1) is 12.3 Å². The van der Waals surface area contributed by atoms with E-state index in [2.05, 4.69) is 15.6 Å². The second-order valence-electron chi connectivity index (χ2n) is 16.0. The molecule has 1 saturated carbocycles. The molecular formula is C42H58N6O10. The number of ether oxygens (including phenoxy) is 4. The quantitative estimate of drug-likeness (QED) is 0.176. The summed E-state index contributed by atoms with van der Waals surface area (Å²) in [6, 6.07) is 5.41. The first-order chi connectivity index (χ1) is 28.0. The number of fused-ring (bicyclic) bond motifs is 1. The number of carbonyl (C=O) groups is 6. The molecule has 0 bridgehead atoms. The molecule has 1 aromatic heterocycles. The average molecular weight is 807 g/mol. The zero-order chi connectivity index (χ0) is 41.2. The smallest absolute Gasteiger partial charge is 0.409 e. The second kappa shape index (κ2) is 19.6. The van der Waals surface area contributed by atoms with Crippen LogP contribution in [0.2, 0.25) is 0 Å². The number of rotatable bonds is 17. The molecule has 0 radical (unpaired) electrons. The number of aryl methyl sites for hydroxylation is 1. The molecule has 16 heteroatoms. The lowest BCUT2D eigenvalue weighted by atomic mass is 9.84. The third-order valence-corrected chi connectivity index (χ3v) is 11.8. The molecule has 0 unspecified atom stereocenters. The minimum Gasteiger partial charge on any atom is -0.483 e. The van der Waals surface area contributed by atoms with Gasteiger partial charge in [0.05, 0.1) is 30.8 Å². The van der Waals surface area contributed by atoms with Crippen LogP contribution in [0.4, 0.5) is 4.79 Å². The second-order valence-corrected chi connectivity index (χ2v) is 16.0. The maximum atomic E-state index is 14.1. The maximum absolute atomic E-state index is 14.1. The van der Waals surface area contributed by atoms with Gasteiger partial charge in [-0.2, -0.15) is 0 Å². The van der Waals surface area contributed by atoms with E-state index in [0.29, 0.717) is 50.1 Å². The van der Waals surface area contributed by atoms with E-state index in [-0.39, 0.29) is 86.9 Å². The van der Waals surface area contributed by atoms with E-state index < -0.39 is 36.0 Å². The van der Waals surface area contributed by atoms with E-state index in [1.807, 2.05) is 26.8 Å². The highest BCUT2D eigenvalue weighted by Crippen LogP contribution is 2.32. The Kier molecular flexibility index (Phi) is 14.4. The number of amides is 5. The van der Waals surface area contributed by atoms with Crippen LogP contribution in [0.1, 0.15) is 94.1 Å². The predicted molar refractivity (Wildman–Crippen MR) is 212 cm³/mol. The zero-order valence-corrected chi connectivity index (χ0v) is 34.1. The third kappa shape index (κ3) is 10.5. The van der Waals surface area contributed by atoms with Crippen LogP contribution in [0.3, 0.4) is 0 Å². The largest absolute Gasteiger partial charge is 0.483 e. The summed E-state index contributed by atoms with van der Waals surface area (Å²) in [6.07, 6.45) is 6.15.